The van der Waals surface area contributed by atoms with Crippen LogP contribution in [-0.2, 0) is 4.74 Å². The molecule has 1 N–H and O–H groups in total. The number of ether oxygens (including phenoxy) is 1. The lowest BCUT2D eigenvalue weighted by Gasteiger charge is -2.30. The van der Waals surface area contributed by atoms with Gasteiger partial charge in [-0.1, -0.05) is 25.0 Å². The Morgan fingerprint density at radius 2 is 1.57 bits per heavy atom. The molecule has 2 aliphatic heterocycles. The summed E-state index contributed by atoms with van der Waals surface area (Å²) in [5.41, 5.74) is 2.28. The van der Waals surface area contributed by atoms with Gasteiger partial charge in [0.2, 0.25) is 5.95 Å². The van der Waals surface area contributed by atoms with Gasteiger partial charge in [-0.2, -0.15) is 0 Å². The quantitative estimate of drug-likeness (QED) is 0.878. The summed E-state index contributed by atoms with van der Waals surface area (Å²) >= 11 is 0. The first-order valence-electron chi connectivity index (χ1n) is 10.1. The monoisotopic (exact) mass is 381 g/mol. The molecule has 0 atom stereocenters. The molecule has 1 aromatic carbocycles. The number of nitrogens with zero attached hydrogens (tertiary/aromatic N) is 4. The van der Waals surface area contributed by atoms with E-state index in [1.807, 2.05) is 24.3 Å². The Hall–Kier alpha value is -2.67. The number of rotatable bonds is 4. The van der Waals surface area contributed by atoms with Crippen LogP contribution in [0, 0.1) is 0 Å². The molecule has 0 unspecified atom stereocenters. The third-order valence-corrected chi connectivity index (χ3v) is 5.29. The minimum absolute atomic E-state index is 0.192. The zero-order chi connectivity index (χ0) is 19.2. The van der Waals surface area contributed by atoms with E-state index in [-0.39, 0.29) is 5.91 Å². The van der Waals surface area contributed by atoms with Gasteiger partial charge in [-0.05, 0) is 25.0 Å². The van der Waals surface area contributed by atoms with Gasteiger partial charge in [0.15, 0.2) is 0 Å². The molecule has 0 saturated carbocycles. The van der Waals surface area contributed by atoms with Gasteiger partial charge in [0.1, 0.15) is 0 Å². The second-order valence-electron chi connectivity index (χ2n) is 7.24. The summed E-state index contributed by atoms with van der Waals surface area (Å²) in [6.07, 6.45) is 8.12. The van der Waals surface area contributed by atoms with Gasteiger partial charge < -0.3 is 19.9 Å². The summed E-state index contributed by atoms with van der Waals surface area (Å²) < 4.78 is 5.43. The van der Waals surface area contributed by atoms with Gasteiger partial charge >= 0.3 is 0 Å². The molecule has 1 aromatic heterocycles. The van der Waals surface area contributed by atoms with Crippen molar-refractivity contribution in [2.75, 3.05) is 54.5 Å². The number of aromatic nitrogens is 2. The third kappa shape index (κ3) is 4.42. The standard InChI is InChI=1S/C21H27N5O2/c27-20(17-15-22-21(23-16-17)26-9-5-1-2-6-10-26)24-18-7-3-4-8-19(18)25-11-13-28-14-12-25/h3-4,7-8,15-16H,1-2,5-6,9-14H2,(H,24,27). The van der Waals surface area contributed by atoms with Crippen molar-refractivity contribution in [2.24, 2.45) is 0 Å². The summed E-state index contributed by atoms with van der Waals surface area (Å²) in [6.45, 7) is 5.01. The van der Waals surface area contributed by atoms with Crippen LogP contribution < -0.4 is 15.1 Å². The summed E-state index contributed by atoms with van der Waals surface area (Å²) in [7, 11) is 0. The molecule has 1 amide bonds. The molecule has 28 heavy (non-hydrogen) atoms. The Bertz CT molecular complexity index is 782. The van der Waals surface area contributed by atoms with Crippen molar-refractivity contribution in [2.45, 2.75) is 25.7 Å². The second-order valence-corrected chi connectivity index (χ2v) is 7.24. The highest BCUT2D eigenvalue weighted by Crippen LogP contribution is 2.27. The number of nitrogens with one attached hydrogen (secondary N) is 1. The first-order valence-corrected chi connectivity index (χ1v) is 10.1. The second kappa shape index (κ2) is 9.01. The Labute approximate surface area is 165 Å². The first-order chi connectivity index (χ1) is 13.8. The van der Waals surface area contributed by atoms with Crippen molar-refractivity contribution >= 4 is 23.2 Å². The van der Waals surface area contributed by atoms with E-state index in [9.17, 15) is 4.79 Å². The molecule has 0 spiro atoms. The predicted molar refractivity (Wildman–Crippen MR) is 110 cm³/mol. The van der Waals surface area contributed by atoms with E-state index < -0.39 is 0 Å². The van der Waals surface area contributed by atoms with Crippen LogP contribution in [0.15, 0.2) is 36.7 Å². The van der Waals surface area contributed by atoms with Crippen molar-refractivity contribution in [3.8, 4) is 0 Å². The number of morpholine rings is 1. The average molecular weight is 381 g/mol. The van der Waals surface area contributed by atoms with Gasteiger partial charge in [-0.25, -0.2) is 9.97 Å². The van der Waals surface area contributed by atoms with Gasteiger partial charge in [-0.15, -0.1) is 0 Å². The molecule has 0 aliphatic carbocycles. The van der Waals surface area contributed by atoms with Gasteiger partial charge in [0.25, 0.3) is 5.91 Å². The van der Waals surface area contributed by atoms with Crippen LogP contribution >= 0.6 is 0 Å². The van der Waals surface area contributed by atoms with Crippen LogP contribution in [0.2, 0.25) is 0 Å². The number of hydrogen-bond donors (Lipinski definition) is 1. The Kier molecular flexibility index (Phi) is 6.01. The number of hydrogen-bond acceptors (Lipinski definition) is 6. The zero-order valence-corrected chi connectivity index (χ0v) is 16.1. The molecule has 0 bridgehead atoms. The van der Waals surface area contributed by atoms with Crippen molar-refractivity contribution in [3.63, 3.8) is 0 Å². The van der Waals surface area contributed by atoms with E-state index in [1.165, 1.54) is 25.7 Å². The van der Waals surface area contributed by atoms with Crippen molar-refractivity contribution < 1.29 is 9.53 Å². The highest BCUT2D eigenvalue weighted by molar-refractivity contribution is 6.05. The number of carbonyl (C=O) groups excluding carboxylic acids is 1. The molecule has 148 valence electrons. The van der Waals surface area contributed by atoms with Gasteiger partial charge in [0, 0.05) is 38.6 Å². The van der Waals surface area contributed by atoms with Crippen LogP contribution in [0.1, 0.15) is 36.0 Å². The first kappa shape index (κ1) is 18.7. The Morgan fingerprint density at radius 3 is 2.29 bits per heavy atom. The van der Waals surface area contributed by atoms with Crippen LogP contribution in [0.25, 0.3) is 0 Å². The smallest absolute Gasteiger partial charge is 0.258 e. The molecule has 2 saturated heterocycles. The summed E-state index contributed by atoms with van der Waals surface area (Å²) in [4.78, 5) is 26.1. The molecular weight excluding hydrogens is 354 g/mol. The maximum atomic E-state index is 12.7. The summed E-state index contributed by atoms with van der Waals surface area (Å²) in [5.74, 6) is 0.523. The molecule has 2 fully saturated rings. The zero-order valence-electron chi connectivity index (χ0n) is 16.1. The SMILES string of the molecule is O=C(Nc1ccccc1N1CCOCC1)c1cnc(N2CCCCCC2)nc1. The lowest BCUT2D eigenvalue weighted by atomic mass is 10.2. The van der Waals surface area contributed by atoms with E-state index in [4.69, 9.17) is 4.74 Å². The van der Waals surface area contributed by atoms with Crippen molar-refractivity contribution in [1.82, 2.24) is 9.97 Å². The third-order valence-electron chi connectivity index (χ3n) is 5.29. The van der Waals surface area contributed by atoms with Crippen LogP contribution in [0.3, 0.4) is 0 Å². The lowest BCUT2D eigenvalue weighted by molar-refractivity contribution is 0.102. The summed E-state index contributed by atoms with van der Waals surface area (Å²) in [6, 6.07) is 7.87. The van der Waals surface area contributed by atoms with Crippen molar-refractivity contribution in [1.29, 1.82) is 0 Å². The van der Waals surface area contributed by atoms with Crippen molar-refractivity contribution in [3.05, 3.63) is 42.2 Å². The fourth-order valence-corrected chi connectivity index (χ4v) is 3.73. The maximum absolute atomic E-state index is 12.7. The number of anilines is 3. The number of amides is 1. The van der Waals surface area contributed by atoms with E-state index in [2.05, 4.69) is 25.1 Å². The number of carbonyl (C=O) groups is 1. The molecule has 3 heterocycles. The van der Waals surface area contributed by atoms with Crippen LogP contribution in [0.5, 0.6) is 0 Å². The van der Waals surface area contributed by atoms with Crippen LogP contribution in [-0.4, -0.2) is 55.3 Å². The Morgan fingerprint density at radius 1 is 0.893 bits per heavy atom. The molecule has 2 aromatic rings. The highest BCUT2D eigenvalue weighted by Gasteiger charge is 2.17. The molecular formula is C21H27N5O2. The fraction of sp³-hybridized carbons (Fsp3) is 0.476. The maximum Gasteiger partial charge on any atom is 0.258 e. The number of para-hydroxylation sites is 2. The molecule has 0 radical (unpaired) electrons. The molecule has 7 nitrogen and oxygen atoms in total. The summed E-state index contributed by atoms with van der Waals surface area (Å²) in [5, 5.41) is 3.02. The minimum atomic E-state index is -0.192. The van der Waals surface area contributed by atoms with E-state index in [0.717, 1.165) is 37.6 Å². The largest absolute Gasteiger partial charge is 0.378 e. The minimum Gasteiger partial charge on any atom is -0.378 e. The molecule has 2 aliphatic rings. The van der Waals surface area contributed by atoms with E-state index in [1.54, 1.807) is 12.4 Å². The normalized spacial score (nSPS) is 17.9. The number of benzene rings is 1. The van der Waals surface area contributed by atoms with Gasteiger partial charge in [0.05, 0.1) is 30.2 Å². The van der Waals surface area contributed by atoms with E-state index in [0.29, 0.717) is 24.7 Å². The fourth-order valence-electron chi connectivity index (χ4n) is 3.73. The molecule has 4 rings (SSSR count). The van der Waals surface area contributed by atoms with E-state index >= 15 is 0 Å². The predicted octanol–water partition coefficient (Wildman–Crippen LogP) is 2.95. The van der Waals surface area contributed by atoms with Crippen LogP contribution in [0.4, 0.5) is 17.3 Å². The Balaban J connectivity index is 1.45. The topological polar surface area (TPSA) is 70.6 Å². The average Bonchev–Trinajstić information content (AvgIpc) is 3.04. The molecule has 7 heteroatoms. The lowest BCUT2D eigenvalue weighted by Crippen LogP contribution is -2.36. The highest BCUT2D eigenvalue weighted by atomic mass is 16.5. The van der Waals surface area contributed by atoms with Gasteiger partial charge in [-0.3, -0.25) is 4.79 Å².